The van der Waals surface area contributed by atoms with Crippen LogP contribution in [0.15, 0.2) is 42.6 Å². The fraction of sp³-hybridized carbons (Fsp3) is 0.278. The number of rotatable bonds is 6. The molecular weight excluding hydrogens is 302 g/mol. The van der Waals surface area contributed by atoms with Crippen LogP contribution in [0.1, 0.15) is 16.7 Å². The Hall–Kier alpha value is -3.07. The van der Waals surface area contributed by atoms with Crippen LogP contribution in [0.4, 0.5) is 10.6 Å². The third kappa shape index (κ3) is 5.29. The minimum absolute atomic E-state index is 0.213. The maximum atomic E-state index is 11.8. The number of nitriles is 1. The molecule has 2 rings (SSSR count). The Bertz CT molecular complexity index is 736. The molecule has 0 atom stereocenters. The van der Waals surface area contributed by atoms with E-state index in [2.05, 4.69) is 21.7 Å². The molecule has 2 aromatic rings. The van der Waals surface area contributed by atoms with E-state index in [1.807, 2.05) is 49.3 Å². The fourth-order valence-electron chi connectivity index (χ4n) is 2.18. The standard InChI is InChI=1S/C18H21N5O/c1-23(2)17-11-16(7-8-20-17)13-22-18(24)21-9-6-14-4-3-5-15(10-14)12-19/h3-5,7-8,10-11H,6,9,13H2,1-2H3,(H2,21,22,24). The number of benzene rings is 1. The van der Waals surface area contributed by atoms with Crippen LogP contribution in [0.2, 0.25) is 0 Å². The number of aromatic nitrogens is 1. The minimum Gasteiger partial charge on any atom is -0.363 e. The number of urea groups is 1. The summed E-state index contributed by atoms with van der Waals surface area (Å²) in [4.78, 5) is 18.0. The summed E-state index contributed by atoms with van der Waals surface area (Å²) in [5.74, 6) is 0.854. The zero-order valence-corrected chi connectivity index (χ0v) is 13.9. The Morgan fingerprint density at radius 1 is 1.21 bits per heavy atom. The Morgan fingerprint density at radius 3 is 2.79 bits per heavy atom. The predicted octanol–water partition coefficient (Wildman–Crippen LogP) is 2.06. The summed E-state index contributed by atoms with van der Waals surface area (Å²) in [6.07, 6.45) is 2.41. The maximum absolute atomic E-state index is 11.8. The van der Waals surface area contributed by atoms with Crippen molar-refractivity contribution in [1.29, 1.82) is 5.26 Å². The number of anilines is 1. The minimum atomic E-state index is -0.213. The largest absolute Gasteiger partial charge is 0.363 e. The lowest BCUT2D eigenvalue weighted by Crippen LogP contribution is -2.36. The van der Waals surface area contributed by atoms with Gasteiger partial charge in [0, 0.05) is 33.4 Å². The van der Waals surface area contributed by atoms with Crippen molar-refractivity contribution in [2.24, 2.45) is 0 Å². The highest BCUT2D eigenvalue weighted by Gasteiger charge is 2.03. The van der Waals surface area contributed by atoms with E-state index in [0.29, 0.717) is 25.1 Å². The van der Waals surface area contributed by atoms with Gasteiger partial charge in [0.05, 0.1) is 11.6 Å². The van der Waals surface area contributed by atoms with Crippen molar-refractivity contribution in [2.45, 2.75) is 13.0 Å². The molecule has 0 aliphatic carbocycles. The van der Waals surface area contributed by atoms with E-state index in [1.165, 1.54) is 0 Å². The summed E-state index contributed by atoms with van der Waals surface area (Å²) in [5, 5.41) is 14.5. The highest BCUT2D eigenvalue weighted by atomic mass is 16.2. The molecule has 0 radical (unpaired) electrons. The first-order chi connectivity index (χ1) is 11.6. The zero-order valence-electron chi connectivity index (χ0n) is 13.9. The number of pyridine rings is 1. The molecule has 6 heteroatoms. The van der Waals surface area contributed by atoms with Crippen LogP contribution < -0.4 is 15.5 Å². The lowest BCUT2D eigenvalue weighted by molar-refractivity contribution is 0.240. The first-order valence-corrected chi connectivity index (χ1v) is 7.71. The maximum Gasteiger partial charge on any atom is 0.315 e. The molecule has 0 saturated heterocycles. The molecule has 0 unspecified atom stereocenters. The number of carbonyl (C=O) groups excluding carboxylic acids is 1. The molecule has 1 heterocycles. The van der Waals surface area contributed by atoms with Crippen LogP contribution in [0, 0.1) is 11.3 Å². The van der Waals surface area contributed by atoms with Crippen LogP contribution in [0.25, 0.3) is 0 Å². The summed E-state index contributed by atoms with van der Waals surface area (Å²) in [7, 11) is 3.85. The second-order valence-electron chi connectivity index (χ2n) is 5.59. The first-order valence-electron chi connectivity index (χ1n) is 7.71. The van der Waals surface area contributed by atoms with Gasteiger partial charge in [-0.15, -0.1) is 0 Å². The monoisotopic (exact) mass is 323 g/mol. The van der Waals surface area contributed by atoms with Gasteiger partial charge in [-0.3, -0.25) is 0 Å². The zero-order chi connectivity index (χ0) is 17.4. The SMILES string of the molecule is CN(C)c1cc(CNC(=O)NCCc2cccc(C#N)c2)ccn1. The highest BCUT2D eigenvalue weighted by Crippen LogP contribution is 2.09. The van der Waals surface area contributed by atoms with E-state index in [9.17, 15) is 4.79 Å². The molecule has 0 spiro atoms. The molecule has 0 aliphatic heterocycles. The number of nitrogens with one attached hydrogen (secondary N) is 2. The van der Waals surface area contributed by atoms with Crippen molar-refractivity contribution < 1.29 is 4.79 Å². The molecule has 6 nitrogen and oxygen atoms in total. The third-order valence-corrected chi connectivity index (χ3v) is 3.48. The van der Waals surface area contributed by atoms with Crippen molar-refractivity contribution in [3.63, 3.8) is 0 Å². The smallest absolute Gasteiger partial charge is 0.315 e. The van der Waals surface area contributed by atoms with E-state index in [-0.39, 0.29) is 6.03 Å². The second kappa shape index (κ2) is 8.53. The predicted molar refractivity (Wildman–Crippen MR) is 93.7 cm³/mol. The molecule has 124 valence electrons. The number of nitrogens with zero attached hydrogens (tertiary/aromatic N) is 3. The number of amides is 2. The number of hydrogen-bond donors (Lipinski definition) is 2. The quantitative estimate of drug-likeness (QED) is 0.852. The Balaban J connectivity index is 1.75. The van der Waals surface area contributed by atoms with Crippen molar-refractivity contribution in [3.05, 3.63) is 59.3 Å². The average molecular weight is 323 g/mol. The van der Waals surface area contributed by atoms with Crippen LogP contribution >= 0.6 is 0 Å². The summed E-state index contributed by atoms with van der Waals surface area (Å²) in [6, 6.07) is 13.1. The number of hydrogen-bond acceptors (Lipinski definition) is 4. The van der Waals surface area contributed by atoms with Gasteiger partial charge in [-0.25, -0.2) is 9.78 Å². The molecule has 0 fully saturated rings. The van der Waals surface area contributed by atoms with Gasteiger partial charge in [-0.1, -0.05) is 12.1 Å². The van der Waals surface area contributed by atoms with Gasteiger partial charge in [-0.05, 0) is 41.8 Å². The highest BCUT2D eigenvalue weighted by molar-refractivity contribution is 5.73. The van der Waals surface area contributed by atoms with Gasteiger partial charge in [0.2, 0.25) is 0 Å². The van der Waals surface area contributed by atoms with E-state index < -0.39 is 0 Å². The van der Waals surface area contributed by atoms with Crippen molar-refractivity contribution in [3.8, 4) is 6.07 Å². The molecule has 24 heavy (non-hydrogen) atoms. The van der Waals surface area contributed by atoms with Gasteiger partial charge < -0.3 is 15.5 Å². The molecule has 1 aromatic carbocycles. The molecule has 0 aliphatic rings. The molecule has 2 amide bonds. The van der Waals surface area contributed by atoms with Gasteiger partial charge in [0.15, 0.2) is 0 Å². The van der Waals surface area contributed by atoms with Crippen LogP contribution in [-0.2, 0) is 13.0 Å². The van der Waals surface area contributed by atoms with E-state index >= 15 is 0 Å². The average Bonchev–Trinajstić information content (AvgIpc) is 2.60. The molecular formula is C18H21N5O. The summed E-state index contributed by atoms with van der Waals surface area (Å²) in [6.45, 7) is 0.957. The Kier molecular flexibility index (Phi) is 6.15. The molecule has 0 bridgehead atoms. The summed E-state index contributed by atoms with van der Waals surface area (Å²) in [5.41, 5.74) is 2.65. The van der Waals surface area contributed by atoms with Gasteiger partial charge in [0.1, 0.15) is 5.82 Å². The Labute approximate surface area is 142 Å². The number of carbonyl (C=O) groups is 1. The molecule has 2 N–H and O–H groups in total. The topological polar surface area (TPSA) is 81.0 Å². The lowest BCUT2D eigenvalue weighted by atomic mass is 10.1. The summed E-state index contributed by atoms with van der Waals surface area (Å²) < 4.78 is 0. The molecule has 1 aromatic heterocycles. The Morgan fingerprint density at radius 2 is 2.04 bits per heavy atom. The van der Waals surface area contributed by atoms with Crippen molar-refractivity contribution in [2.75, 3.05) is 25.5 Å². The van der Waals surface area contributed by atoms with E-state index in [1.54, 1.807) is 12.3 Å². The third-order valence-electron chi connectivity index (χ3n) is 3.48. The van der Waals surface area contributed by atoms with Gasteiger partial charge in [-0.2, -0.15) is 5.26 Å². The normalized spacial score (nSPS) is 9.88. The van der Waals surface area contributed by atoms with Crippen LogP contribution in [0.5, 0.6) is 0 Å². The van der Waals surface area contributed by atoms with Crippen molar-refractivity contribution >= 4 is 11.8 Å². The van der Waals surface area contributed by atoms with Crippen LogP contribution in [-0.4, -0.2) is 31.7 Å². The second-order valence-corrected chi connectivity index (χ2v) is 5.59. The molecule has 0 saturated carbocycles. The fourth-order valence-corrected chi connectivity index (χ4v) is 2.18. The first kappa shape index (κ1) is 17.3. The lowest BCUT2D eigenvalue weighted by Gasteiger charge is -2.12. The van der Waals surface area contributed by atoms with E-state index in [0.717, 1.165) is 16.9 Å². The van der Waals surface area contributed by atoms with Gasteiger partial charge in [0.25, 0.3) is 0 Å². The van der Waals surface area contributed by atoms with Crippen molar-refractivity contribution in [1.82, 2.24) is 15.6 Å². The van der Waals surface area contributed by atoms with Crippen LogP contribution in [0.3, 0.4) is 0 Å². The summed E-state index contributed by atoms with van der Waals surface area (Å²) >= 11 is 0. The van der Waals surface area contributed by atoms with E-state index in [4.69, 9.17) is 5.26 Å². The van der Waals surface area contributed by atoms with Gasteiger partial charge >= 0.3 is 6.03 Å².